The van der Waals surface area contributed by atoms with E-state index in [2.05, 4.69) is 24.0 Å². The van der Waals surface area contributed by atoms with Crippen molar-refractivity contribution >= 4 is 51.9 Å². The Bertz CT molecular complexity index is 784. The maximum atomic E-state index is 12.6. The van der Waals surface area contributed by atoms with Crippen LogP contribution in [0, 0.1) is 5.92 Å². The first-order valence-corrected chi connectivity index (χ1v) is 11.5. The van der Waals surface area contributed by atoms with Gasteiger partial charge in [0.2, 0.25) is 0 Å². The number of hydrogen-bond acceptors (Lipinski definition) is 5. The molecule has 2 fully saturated rings. The summed E-state index contributed by atoms with van der Waals surface area (Å²) in [7, 11) is 0. The second-order valence-electron chi connectivity index (χ2n) is 7.64. The van der Waals surface area contributed by atoms with Gasteiger partial charge >= 0.3 is 5.97 Å². The van der Waals surface area contributed by atoms with E-state index in [0.717, 1.165) is 24.6 Å². The molecule has 0 radical (unpaired) electrons. The number of carboxylic acids is 1. The van der Waals surface area contributed by atoms with Gasteiger partial charge in [-0.3, -0.25) is 14.5 Å². The third-order valence-corrected chi connectivity index (χ3v) is 6.89. The Labute approximate surface area is 182 Å². The zero-order valence-electron chi connectivity index (χ0n) is 16.8. The van der Waals surface area contributed by atoms with Gasteiger partial charge in [0.1, 0.15) is 4.32 Å². The van der Waals surface area contributed by atoms with Gasteiger partial charge in [-0.2, -0.15) is 0 Å². The predicted molar refractivity (Wildman–Crippen MR) is 123 cm³/mol. The Hall–Kier alpha value is -1.86. The van der Waals surface area contributed by atoms with E-state index in [1.54, 1.807) is 0 Å². The van der Waals surface area contributed by atoms with Crippen LogP contribution in [0.1, 0.15) is 51.0 Å². The van der Waals surface area contributed by atoms with Crippen LogP contribution in [0.25, 0.3) is 6.08 Å². The number of rotatable bonds is 8. The van der Waals surface area contributed by atoms with Gasteiger partial charge in [-0.1, -0.05) is 55.9 Å². The zero-order valence-corrected chi connectivity index (χ0v) is 18.4. The monoisotopic (exact) mass is 432 g/mol. The van der Waals surface area contributed by atoms with Crippen molar-refractivity contribution in [3.05, 3.63) is 34.7 Å². The van der Waals surface area contributed by atoms with Gasteiger partial charge in [0, 0.05) is 31.7 Å². The van der Waals surface area contributed by atoms with Crippen LogP contribution in [-0.4, -0.2) is 45.8 Å². The minimum atomic E-state index is -0.860. The number of anilines is 1. The second kappa shape index (κ2) is 10.3. The Balaban J connectivity index is 1.59. The standard InChI is InChI=1S/C22H28N2O3S2/c1-2-4-16-10-13-23(14-11-16)18-8-6-17(7-9-18)15-19-21(27)24(22(28)29-19)12-3-5-20(25)26/h6-9,15-16H,2-5,10-14H2,1H3,(H,25,26). The summed E-state index contributed by atoms with van der Waals surface area (Å²) in [5.41, 5.74) is 2.21. The maximum absolute atomic E-state index is 12.6. The van der Waals surface area contributed by atoms with Crippen LogP contribution in [0.15, 0.2) is 29.2 Å². The number of thioether (sulfide) groups is 1. The van der Waals surface area contributed by atoms with E-state index in [9.17, 15) is 9.59 Å². The number of carboxylic acid groups (broad SMARTS) is 1. The highest BCUT2D eigenvalue weighted by Gasteiger charge is 2.31. The van der Waals surface area contributed by atoms with Crippen molar-refractivity contribution in [2.24, 2.45) is 5.92 Å². The minimum Gasteiger partial charge on any atom is -0.481 e. The highest BCUT2D eigenvalue weighted by molar-refractivity contribution is 8.26. The van der Waals surface area contributed by atoms with Crippen LogP contribution >= 0.6 is 24.0 Å². The number of amides is 1. The molecule has 2 saturated heterocycles. The molecule has 29 heavy (non-hydrogen) atoms. The molecule has 7 heteroatoms. The molecule has 2 heterocycles. The molecule has 2 aliphatic heterocycles. The van der Waals surface area contributed by atoms with E-state index >= 15 is 0 Å². The summed E-state index contributed by atoms with van der Waals surface area (Å²) < 4.78 is 0.498. The molecule has 0 spiro atoms. The quantitative estimate of drug-likeness (QED) is 0.472. The fourth-order valence-electron chi connectivity index (χ4n) is 3.90. The van der Waals surface area contributed by atoms with Gasteiger partial charge in [0.05, 0.1) is 4.91 Å². The normalized spacial score (nSPS) is 19.4. The van der Waals surface area contributed by atoms with Crippen LogP contribution in [0.3, 0.4) is 0 Å². The lowest BCUT2D eigenvalue weighted by atomic mass is 9.92. The molecule has 0 aliphatic carbocycles. The molecule has 0 atom stereocenters. The topological polar surface area (TPSA) is 60.9 Å². The molecule has 1 amide bonds. The highest BCUT2D eigenvalue weighted by atomic mass is 32.2. The average Bonchev–Trinajstić information content (AvgIpc) is 2.96. The van der Waals surface area contributed by atoms with Crippen LogP contribution in [0.2, 0.25) is 0 Å². The molecule has 1 aromatic carbocycles. The van der Waals surface area contributed by atoms with Crippen LogP contribution in [-0.2, 0) is 9.59 Å². The van der Waals surface area contributed by atoms with Gasteiger partial charge in [-0.05, 0) is 49.0 Å². The first-order valence-electron chi connectivity index (χ1n) is 10.3. The summed E-state index contributed by atoms with van der Waals surface area (Å²) in [5.74, 6) is -0.124. The molecule has 2 aliphatic rings. The zero-order chi connectivity index (χ0) is 20.8. The molecule has 0 aromatic heterocycles. The largest absolute Gasteiger partial charge is 0.481 e. The van der Waals surface area contributed by atoms with Crippen molar-refractivity contribution in [1.29, 1.82) is 0 Å². The first-order chi connectivity index (χ1) is 14.0. The van der Waals surface area contributed by atoms with Crippen LogP contribution in [0.5, 0.6) is 0 Å². The van der Waals surface area contributed by atoms with Crippen LogP contribution < -0.4 is 4.90 Å². The van der Waals surface area contributed by atoms with Gasteiger partial charge < -0.3 is 10.0 Å². The third kappa shape index (κ3) is 5.82. The summed E-state index contributed by atoms with van der Waals surface area (Å²) >= 11 is 6.58. The van der Waals surface area contributed by atoms with E-state index in [1.807, 2.05) is 18.2 Å². The summed E-state index contributed by atoms with van der Waals surface area (Å²) in [6.45, 7) is 4.83. The second-order valence-corrected chi connectivity index (χ2v) is 9.32. The Morgan fingerprint density at radius 3 is 2.59 bits per heavy atom. The van der Waals surface area contributed by atoms with Gasteiger partial charge in [0.25, 0.3) is 5.91 Å². The molecule has 0 saturated carbocycles. The molecular weight excluding hydrogens is 404 g/mol. The lowest BCUT2D eigenvalue weighted by Crippen LogP contribution is -2.33. The van der Waals surface area contributed by atoms with E-state index in [0.29, 0.717) is 22.2 Å². The van der Waals surface area contributed by atoms with Crippen molar-refractivity contribution in [3.8, 4) is 0 Å². The van der Waals surface area contributed by atoms with Crippen molar-refractivity contribution in [3.63, 3.8) is 0 Å². The minimum absolute atomic E-state index is 0.0350. The summed E-state index contributed by atoms with van der Waals surface area (Å²) in [6.07, 6.45) is 7.44. The van der Waals surface area contributed by atoms with E-state index in [-0.39, 0.29) is 12.3 Å². The van der Waals surface area contributed by atoms with Crippen molar-refractivity contribution in [2.75, 3.05) is 24.5 Å². The molecule has 3 rings (SSSR count). The van der Waals surface area contributed by atoms with Crippen molar-refractivity contribution in [2.45, 2.75) is 45.4 Å². The van der Waals surface area contributed by atoms with E-state index in [1.165, 1.54) is 48.0 Å². The molecule has 5 nitrogen and oxygen atoms in total. The smallest absolute Gasteiger partial charge is 0.303 e. The molecule has 0 bridgehead atoms. The Kier molecular flexibility index (Phi) is 7.72. The molecule has 1 aromatic rings. The average molecular weight is 433 g/mol. The SMILES string of the molecule is CCCC1CCN(c2ccc(C=C3SC(=S)N(CCCC(=O)O)C3=O)cc2)CC1. The molecular formula is C22H28N2O3S2. The first kappa shape index (κ1) is 21.8. The predicted octanol–water partition coefficient (Wildman–Crippen LogP) is 4.77. The number of aliphatic carboxylic acids is 1. The van der Waals surface area contributed by atoms with Crippen molar-refractivity contribution in [1.82, 2.24) is 4.90 Å². The van der Waals surface area contributed by atoms with Gasteiger partial charge in [0.15, 0.2) is 0 Å². The van der Waals surface area contributed by atoms with Gasteiger partial charge in [-0.25, -0.2) is 0 Å². The third-order valence-electron chi connectivity index (χ3n) is 5.51. The van der Waals surface area contributed by atoms with E-state index in [4.69, 9.17) is 17.3 Å². The molecule has 1 N–H and O–H groups in total. The number of carbonyl (C=O) groups is 2. The highest BCUT2D eigenvalue weighted by Crippen LogP contribution is 2.33. The summed E-state index contributed by atoms with van der Waals surface area (Å²) in [6, 6.07) is 8.34. The molecule has 156 valence electrons. The Morgan fingerprint density at radius 1 is 1.28 bits per heavy atom. The number of hydrogen-bond donors (Lipinski definition) is 1. The van der Waals surface area contributed by atoms with Crippen molar-refractivity contribution < 1.29 is 14.7 Å². The van der Waals surface area contributed by atoms with E-state index < -0.39 is 5.97 Å². The summed E-state index contributed by atoms with van der Waals surface area (Å²) in [5, 5.41) is 8.76. The van der Waals surface area contributed by atoms with Gasteiger partial charge in [-0.15, -0.1) is 0 Å². The lowest BCUT2D eigenvalue weighted by molar-refractivity contribution is -0.137. The number of benzene rings is 1. The fraction of sp³-hybridized carbons (Fsp3) is 0.500. The number of carbonyl (C=O) groups excluding carboxylic acids is 1. The van der Waals surface area contributed by atoms with Crippen LogP contribution in [0.4, 0.5) is 5.69 Å². The lowest BCUT2D eigenvalue weighted by Gasteiger charge is -2.33. The maximum Gasteiger partial charge on any atom is 0.303 e. The molecule has 0 unspecified atom stereocenters. The summed E-state index contributed by atoms with van der Waals surface area (Å²) in [4.78, 5) is 27.8. The fourth-order valence-corrected chi connectivity index (χ4v) is 5.21. The Morgan fingerprint density at radius 2 is 1.97 bits per heavy atom. The number of nitrogens with zero attached hydrogens (tertiary/aromatic N) is 2. The number of piperidine rings is 1. The number of thiocarbonyl (C=S) groups is 1.